The van der Waals surface area contributed by atoms with Crippen molar-refractivity contribution in [2.24, 2.45) is 11.8 Å². The highest BCUT2D eigenvalue weighted by Crippen LogP contribution is 2.29. The second kappa shape index (κ2) is 5.90. The SMILES string of the molecule is C=C(C1CCCCO1)N1CCC(C(C)C)CC1. The second-order valence-electron chi connectivity index (χ2n) is 5.92. The molecule has 2 nitrogen and oxygen atoms in total. The summed E-state index contributed by atoms with van der Waals surface area (Å²) in [4.78, 5) is 2.47. The van der Waals surface area contributed by atoms with Crippen molar-refractivity contribution < 1.29 is 4.74 Å². The Balaban J connectivity index is 1.81. The molecule has 0 aromatic rings. The molecule has 1 unspecified atom stereocenters. The van der Waals surface area contributed by atoms with Crippen molar-refractivity contribution >= 4 is 0 Å². The van der Waals surface area contributed by atoms with Gasteiger partial charge in [-0.05, 0) is 43.9 Å². The van der Waals surface area contributed by atoms with Gasteiger partial charge in [-0.2, -0.15) is 0 Å². The lowest BCUT2D eigenvalue weighted by atomic mass is 9.86. The molecule has 2 heteroatoms. The van der Waals surface area contributed by atoms with Gasteiger partial charge in [-0.25, -0.2) is 0 Å². The fourth-order valence-electron chi connectivity index (χ4n) is 3.06. The van der Waals surface area contributed by atoms with E-state index in [4.69, 9.17) is 4.74 Å². The van der Waals surface area contributed by atoms with Gasteiger partial charge in [-0.1, -0.05) is 20.4 Å². The molecule has 2 saturated heterocycles. The molecule has 2 fully saturated rings. The summed E-state index contributed by atoms with van der Waals surface area (Å²) >= 11 is 0. The van der Waals surface area contributed by atoms with E-state index in [0.29, 0.717) is 6.10 Å². The average Bonchev–Trinajstić information content (AvgIpc) is 2.39. The Hall–Kier alpha value is -0.500. The van der Waals surface area contributed by atoms with Crippen LogP contribution in [0, 0.1) is 11.8 Å². The molecular formula is C15H27NO. The van der Waals surface area contributed by atoms with Gasteiger partial charge in [0.1, 0.15) is 0 Å². The van der Waals surface area contributed by atoms with Crippen LogP contribution in [-0.4, -0.2) is 30.7 Å². The van der Waals surface area contributed by atoms with Gasteiger partial charge in [0.2, 0.25) is 0 Å². The number of rotatable bonds is 3. The lowest BCUT2D eigenvalue weighted by Crippen LogP contribution is -2.39. The molecule has 2 rings (SSSR count). The summed E-state index contributed by atoms with van der Waals surface area (Å²) in [5, 5.41) is 0. The average molecular weight is 237 g/mol. The van der Waals surface area contributed by atoms with Crippen molar-refractivity contribution in [2.75, 3.05) is 19.7 Å². The fraction of sp³-hybridized carbons (Fsp3) is 0.867. The molecule has 17 heavy (non-hydrogen) atoms. The third-order valence-corrected chi connectivity index (χ3v) is 4.44. The third kappa shape index (κ3) is 3.25. The van der Waals surface area contributed by atoms with Gasteiger partial charge in [0.05, 0.1) is 6.10 Å². The van der Waals surface area contributed by atoms with Crippen molar-refractivity contribution in [3.05, 3.63) is 12.3 Å². The van der Waals surface area contributed by atoms with Crippen molar-refractivity contribution in [2.45, 2.75) is 52.1 Å². The zero-order valence-corrected chi connectivity index (χ0v) is 11.5. The zero-order chi connectivity index (χ0) is 12.3. The Morgan fingerprint density at radius 1 is 1.18 bits per heavy atom. The van der Waals surface area contributed by atoms with Crippen LogP contribution in [0.25, 0.3) is 0 Å². The first-order valence-corrected chi connectivity index (χ1v) is 7.24. The Morgan fingerprint density at radius 2 is 1.88 bits per heavy atom. The van der Waals surface area contributed by atoms with E-state index in [2.05, 4.69) is 25.3 Å². The van der Waals surface area contributed by atoms with Crippen LogP contribution in [0.4, 0.5) is 0 Å². The Labute approximate surface area is 106 Å². The first-order chi connectivity index (χ1) is 8.18. The van der Waals surface area contributed by atoms with E-state index in [1.54, 1.807) is 0 Å². The number of ether oxygens (including phenoxy) is 1. The number of nitrogens with zero attached hydrogens (tertiary/aromatic N) is 1. The maximum Gasteiger partial charge on any atom is 0.0965 e. The van der Waals surface area contributed by atoms with Crippen LogP contribution in [0.15, 0.2) is 12.3 Å². The molecule has 0 spiro atoms. The van der Waals surface area contributed by atoms with Gasteiger partial charge in [0.15, 0.2) is 0 Å². The normalized spacial score (nSPS) is 27.5. The number of likely N-dealkylation sites (tertiary alicyclic amines) is 1. The van der Waals surface area contributed by atoms with Crippen molar-refractivity contribution in [3.63, 3.8) is 0 Å². The van der Waals surface area contributed by atoms with Gasteiger partial charge in [0.25, 0.3) is 0 Å². The smallest absolute Gasteiger partial charge is 0.0965 e. The number of piperidine rings is 1. The van der Waals surface area contributed by atoms with Crippen LogP contribution in [0.5, 0.6) is 0 Å². The number of hydrogen-bond donors (Lipinski definition) is 0. The summed E-state index contributed by atoms with van der Waals surface area (Å²) in [6, 6.07) is 0. The van der Waals surface area contributed by atoms with Crippen LogP contribution in [0.3, 0.4) is 0 Å². The molecule has 2 aliphatic heterocycles. The molecule has 0 radical (unpaired) electrons. The van der Waals surface area contributed by atoms with Crippen molar-refractivity contribution in [1.82, 2.24) is 4.90 Å². The van der Waals surface area contributed by atoms with Crippen LogP contribution in [0.1, 0.15) is 46.0 Å². The fourth-order valence-corrected chi connectivity index (χ4v) is 3.06. The Morgan fingerprint density at radius 3 is 2.41 bits per heavy atom. The van der Waals surface area contributed by atoms with Crippen LogP contribution >= 0.6 is 0 Å². The first kappa shape index (κ1) is 12.9. The summed E-state index contributed by atoms with van der Waals surface area (Å²) in [5.74, 6) is 1.74. The topological polar surface area (TPSA) is 12.5 Å². The molecule has 0 aromatic heterocycles. The molecular weight excluding hydrogens is 210 g/mol. The monoisotopic (exact) mass is 237 g/mol. The van der Waals surface area contributed by atoms with Crippen molar-refractivity contribution in [1.29, 1.82) is 0 Å². The highest BCUT2D eigenvalue weighted by Gasteiger charge is 2.26. The van der Waals surface area contributed by atoms with Crippen molar-refractivity contribution in [3.8, 4) is 0 Å². The van der Waals surface area contributed by atoms with E-state index < -0.39 is 0 Å². The minimum atomic E-state index is 0.305. The van der Waals surface area contributed by atoms with Gasteiger partial charge >= 0.3 is 0 Å². The quantitative estimate of drug-likeness (QED) is 0.745. The van der Waals surface area contributed by atoms with Crippen LogP contribution in [0.2, 0.25) is 0 Å². The lowest BCUT2D eigenvalue weighted by molar-refractivity contribution is 0.0168. The summed E-state index contributed by atoms with van der Waals surface area (Å²) < 4.78 is 5.83. The van der Waals surface area contributed by atoms with Gasteiger partial charge in [-0.3, -0.25) is 0 Å². The van der Waals surface area contributed by atoms with E-state index in [1.165, 1.54) is 50.9 Å². The second-order valence-corrected chi connectivity index (χ2v) is 5.92. The molecule has 0 N–H and O–H groups in total. The molecule has 2 heterocycles. The maximum absolute atomic E-state index is 5.83. The van der Waals surface area contributed by atoms with Gasteiger partial charge in [-0.15, -0.1) is 0 Å². The zero-order valence-electron chi connectivity index (χ0n) is 11.5. The van der Waals surface area contributed by atoms with E-state index in [9.17, 15) is 0 Å². The molecule has 0 aliphatic carbocycles. The minimum absolute atomic E-state index is 0.305. The summed E-state index contributed by atoms with van der Waals surface area (Å²) in [7, 11) is 0. The van der Waals surface area contributed by atoms with Crippen LogP contribution < -0.4 is 0 Å². The largest absolute Gasteiger partial charge is 0.373 e. The third-order valence-electron chi connectivity index (χ3n) is 4.44. The molecule has 0 aromatic carbocycles. The predicted octanol–water partition coefficient (Wildman–Crippen LogP) is 3.44. The summed E-state index contributed by atoms with van der Waals surface area (Å²) in [5.41, 5.74) is 1.24. The molecule has 0 amide bonds. The first-order valence-electron chi connectivity index (χ1n) is 7.24. The molecule has 0 saturated carbocycles. The standard InChI is InChI=1S/C15H27NO/c1-12(2)14-7-9-16(10-8-14)13(3)15-6-4-5-11-17-15/h12,14-15H,3-11H2,1-2H3. The minimum Gasteiger partial charge on any atom is -0.373 e. The van der Waals surface area contributed by atoms with Gasteiger partial charge in [0, 0.05) is 25.4 Å². The molecule has 2 aliphatic rings. The highest BCUT2D eigenvalue weighted by atomic mass is 16.5. The summed E-state index contributed by atoms with van der Waals surface area (Å²) in [6.45, 7) is 12.3. The summed E-state index contributed by atoms with van der Waals surface area (Å²) in [6.07, 6.45) is 6.64. The van der Waals surface area contributed by atoms with E-state index in [-0.39, 0.29) is 0 Å². The predicted molar refractivity (Wildman–Crippen MR) is 71.9 cm³/mol. The van der Waals surface area contributed by atoms with E-state index in [1.807, 2.05) is 0 Å². The maximum atomic E-state index is 5.83. The van der Waals surface area contributed by atoms with E-state index in [0.717, 1.165) is 18.4 Å². The highest BCUT2D eigenvalue weighted by molar-refractivity contribution is 5.04. The molecule has 98 valence electrons. The lowest BCUT2D eigenvalue weighted by Gasteiger charge is -2.39. The Kier molecular flexibility index (Phi) is 4.49. The van der Waals surface area contributed by atoms with Gasteiger partial charge < -0.3 is 9.64 Å². The van der Waals surface area contributed by atoms with Crippen LogP contribution in [-0.2, 0) is 4.74 Å². The van der Waals surface area contributed by atoms with E-state index >= 15 is 0 Å². The molecule has 1 atom stereocenters. The Bertz CT molecular complexity index is 248. The molecule has 0 bridgehead atoms. The number of hydrogen-bond acceptors (Lipinski definition) is 2.